The lowest BCUT2D eigenvalue weighted by Crippen LogP contribution is -2.47. The topological polar surface area (TPSA) is 114 Å². The molecule has 0 heterocycles. The number of carbonyl (C=O) groups excluding carboxylic acids is 2. The highest BCUT2D eigenvalue weighted by molar-refractivity contribution is 7.45. The third-order valence-corrected chi connectivity index (χ3v) is 15.1. The molecule has 0 saturated carbocycles. The van der Waals surface area contributed by atoms with Gasteiger partial charge in [-0.3, -0.25) is 14.2 Å². The van der Waals surface area contributed by atoms with Gasteiger partial charge in [0.05, 0.1) is 33.8 Å². The molecule has 0 fully saturated rings. The number of amides is 1. The van der Waals surface area contributed by atoms with Crippen LogP contribution in [0.3, 0.4) is 0 Å². The predicted molar refractivity (Wildman–Crippen MR) is 307 cm³/mol. The van der Waals surface area contributed by atoms with Gasteiger partial charge in [-0.25, -0.2) is 0 Å². The van der Waals surface area contributed by atoms with Gasteiger partial charge in [0.1, 0.15) is 19.3 Å². The van der Waals surface area contributed by atoms with Crippen molar-refractivity contribution in [3.63, 3.8) is 0 Å². The Kier molecular flexibility index (Phi) is 51.8. The monoisotopic (exact) mass is 1040 g/mol. The third-order valence-electron chi connectivity index (χ3n) is 14.1. The Morgan fingerprint density at radius 2 is 0.806 bits per heavy atom. The summed E-state index contributed by atoms with van der Waals surface area (Å²) in [5, 5.41) is 3.03. The number of likely N-dealkylation sites (N-methyl/N-ethyl adjacent to an activating group) is 1. The van der Waals surface area contributed by atoms with Gasteiger partial charge in [-0.15, -0.1) is 0 Å². The number of ether oxygens (including phenoxy) is 1. The lowest BCUT2D eigenvalue weighted by atomic mass is 10.0. The summed E-state index contributed by atoms with van der Waals surface area (Å²) in [5.41, 5.74) is 0. The molecule has 0 aromatic heterocycles. The Bertz CT molecular complexity index is 1290. The quantitative estimate of drug-likeness (QED) is 0.0212. The molecule has 1 N–H and O–H groups in total. The van der Waals surface area contributed by atoms with Crippen molar-refractivity contribution < 1.29 is 37.3 Å². The van der Waals surface area contributed by atoms with Crippen LogP contribution in [0.25, 0.3) is 0 Å². The molecule has 0 aliphatic heterocycles. The molecule has 9 nitrogen and oxygen atoms in total. The maximum Gasteiger partial charge on any atom is 0.306 e. The summed E-state index contributed by atoms with van der Waals surface area (Å²) in [6, 6.07) is -0.881. The van der Waals surface area contributed by atoms with Crippen LogP contribution < -0.4 is 10.2 Å². The normalized spacial score (nSPS) is 13.8. The van der Waals surface area contributed by atoms with E-state index in [0.717, 1.165) is 57.8 Å². The molecular weight excluding hydrogens is 916 g/mol. The van der Waals surface area contributed by atoms with Crippen molar-refractivity contribution in [2.24, 2.45) is 0 Å². The van der Waals surface area contributed by atoms with E-state index in [1.165, 1.54) is 218 Å². The molecule has 0 aliphatic carbocycles. The van der Waals surface area contributed by atoms with Crippen molar-refractivity contribution >= 4 is 19.7 Å². The van der Waals surface area contributed by atoms with E-state index in [0.29, 0.717) is 17.4 Å². The zero-order valence-electron chi connectivity index (χ0n) is 48.7. The van der Waals surface area contributed by atoms with Gasteiger partial charge >= 0.3 is 5.97 Å². The van der Waals surface area contributed by atoms with Crippen LogP contribution in [0.2, 0.25) is 0 Å². The molecule has 0 saturated heterocycles. The van der Waals surface area contributed by atoms with E-state index in [4.69, 9.17) is 13.8 Å². The molecule has 0 aromatic rings. The Morgan fingerprint density at radius 1 is 0.472 bits per heavy atom. The van der Waals surface area contributed by atoms with Crippen LogP contribution in [0.15, 0.2) is 24.3 Å². The average Bonchev–Trinajstić information content (AvgIpc) is 3.34. The number of hydrogen-bond acceptors (Lipinski definition) is 7. The minimum Gasteiger partial charge on any atom is -0.756 e. The van der Waals surface area contributed by atoms with Gasteiger partial charge in [0.25, 0.3) is 7.82 Å². The number of carbonyl (C=O) groups is 2. The molecular formula is C62H121N2O7P. The van der Waals surface area contributed by atoms with Crippen molar-refractivity contribution in [1.29, 1.82) is 0 Å². The van der Waals surface area contributed by atoms with Gasteiger partial charge in [0, 0.05) is 12.8 Å². The summed E-state index contributed by atoms with van der Waals surface area (Å²) in [7, 11) is 1.20. The lowest BCUT2D eigenvalue weighted by Gasteiger charge is -2.30. The Balaban J connectivity index is 5.15. The summed E-state index contributed by atoms with van der Waals surface area (Å²) < 4.78 is 30.3. The molecule has 1 amide bonds. The summed E-state index contributed by atoms with van der Waals surface area (Å²) >= 11 is 0. The van der Waals surface area contributed by atoms with Crippen LogP contribution in [-0.2, 0) is 27.9 Å². The molecule has 0 radical (unpaired) electrons. The van der Waals surface area contributed by atoms with E-state index in [1.807, 2.05) is 33.3 Å². The molecule has 426 valence electrons. The maximum absolute atomic E-state index is 13.5. The van der Waals surface area contributed by atoms with Crippen molar-refractivity contribution in [1.82, 2.24) is 5.32 Å². The fraction of sp³-hybridized carbons (Fsp3) is 0.903. The highest BCUT2D eigenvalue weighted by Crippen LogP contribution is 2.38. The molecule has 0 spiro atoms. The first-order valence-electron chi connectivity index (χ1n) is 31.1. The smallest absolute Gasteiger partial charge is 0.306 e. The first-order chi connectivity index (χ1) is 34.9. The van der Waals surface area contributed by atoms with Crippen LogP contribution in [0, 0.1) is 0 Å². The molecule has 0 bridgehead atoms. The standard InChI is InChI=1S/C62H121N2O7P/c1-7-10-13-16-19-22-25-27-29-30-31-32-33-34-35-37-40-43-46-49-52-55-62(66)71-60(53-50-47-44-41-38-24-21-18-15-12-9-3)59(58-70-72(67,68)69-57-56-64(4,5)6)63-61(65)54-51-48-45-42-39-36-28-26-23-20-17-14-11-8-2/h27,29,50,53,59-60H,7-26,28,30-49,51-52,54-58H2,1-6H3,(H-,63,65,67,68)/b29-27+,53-50+. The second-order valence-electron chi connectivity index (χ2n) is 22.6. The number of rotatable bonds is 57. The number of nitrogens with zero attached hydrogens (tertiary/aromatic N) is 1. The van der Waals surface area contributed by atoms with Crippen molar-refractivity contribution in [2.45, 2.75) is 322 Å². The summed E-state index contributed by atoms with van der Waals surface area (Å²) in [6.07, 6.45) is 61.4. The number of quaternary nitrogens is 1. The molecule has 3 unspecified atom stereocenters. The first kappa shape index (κ1) is 70.5. The van der Waals surface area contributed by atoms with Crippen LogP contribution in [0.1, 0.15) is 310 Å². The van der Waals surface area contributed by atoms with Crippen LogP contribution in [0.5, 0.6) is 0 Å². The van der Waals surface area contributed by atoms with Gasteiger partial charge in [-0.2, -0.15) is 0 Å². The predicted octanol–water partition coefficient (Wildman–Crippen LogP) is 18.3. The second-order valence-corrected chi connectivity index (χ2v) is 24.0. The van der Waals surface area contributed by atoms with Crippen molar-refractivity contribution in [3.05, 3.63) is 24.3 Å². The van der Waals surface area contributed by atoms with E-state index < -0.39 is 20.0 Å². The minimum atomic E-state index is -4.69. The number of unbranched alkanes of at least 4 members (excludes halogenated alkanes) is 39. The number of allylic oxidation sites excluding steroid dienone is 3. The zero-order chi connectivity index (χ0) is 52.9. The van der Waals surface area contributed by atoms with E-state index in [9.17, 15) is 19.0 Å². The maximum atomic E-state index is 13.5. The van der Waals surface area contributed by atoms with Gasteiger partial charge in [0.15, 0.2) is 0 Å². The molecule has 0 aliphatic rings. The Morgan fingerprint density at radius 3 is 1.18 bits per heavy atom. The fourth-order valence-corrected chi connectivity index (χ4v) is 10.0. The molecule has 10 heteroatoms. The SMILES string of the molecule is CCCCCCCC/C=C/CCCCCCCCCCCCCC(=O)OC(/C=C/CCCCCCCCCCC)C(COP(=O)([O-])OCC[N+](C)(C)C)NC(=O)CCCCCCCCCCCCCCCC. The largest absolute Gasteiger partial charge is 0.756 e. The van der Waals surface area contributed by atoms with E-state index in [2.05, 4.69) is 38.2 Å². The van der Waals surface area contributed by atoms with Gasteiger partial charge in [-0.05, 0) is 57.4 Å². The van der Waals surface area contributed by atoms with E-state index >= 15 is 0 Å². The average molecular weight is 1040 g/mol. The zero-order valence-corrected chi connectivity index (χ0v) is 49.6. The first-order valence-corrected chi connectivity index (χ1v) is 32.6. The Labute approximate surface area is 447 Å². The highest BCUT2D eigenvalue weighted by atomic mass is 31.2. The van der Waals surface area contributed by atoms with Crippen LogP contribution >= 0.6 is 7.82 Å². The summed E-state index contributed by atoms with van der Waals surface area (Å²) in [4.78, 5) is 39.9. The minimum absolute atomic E-state index is 0.0187. The van der Waals surface area contributed by atoms with Gasteiger partial charge in [-0.1, -0.05) is 264 Å². The third kappa shape index (κ3) is 53.3. The van der Waals surface area contributed by atoms with Crippen molar-refractivity contribution in [2.75, 3.05) is 40.9 Å². The number of phosphoric ester groups is 1. The van der Waals surface area contributed by atoms with Crippen LogP contribution in [-0.4, -0.2) is 69.4 Å². The molecule has 0 rings (SSSR count). The number of nitrogens with one attached hydrogen (secondary N) is 1. The number of hydrogen-bond donors (Lipinski definition) is 1. The van der Waals surface area contributed by atoms with Gasteiger partial charge < -0.3 is 28.5 Å². The highest BCUT2D eigenvalue weighted by Gasteiger charge is 2.27. The molecule has 3 atom stereocenters. The molecule has 0 aromatic carbocycles. The number of phosphoric acid groups is 1. The summed E-state index contributed by atoms with van der Waals surface area (Å²) in [6.45, 7) is 6.87. The lowest BCUT2D eigenvalue weighted by molar-refractivity contribution is -0.870. The molecule has 72 heavy (non-hydrogen) atoms. The summed E-state index contributed by atoms with van der Waals surface area (Å²) in [5.74, 6) is -0.527. The fourth-order valence-electron chi connectivity index (χ4n) is 9.28. The van der Waals surface area contributed by atoms with E-state index in [1.54, 1.807) is 0 Å². The van der Waals surface area contributed by atoms with E-state index in [-0.39, 0.29) is 31.5 Å². The second kappa shape index (κ2) is 52.9. The van der Waals surface area contributed by atoms with Crippen molar-refractivity contribution in [3.8, 4) is 0 Å². The Hall–Kier alpha value is -1.51. The number of esters is 1. The van der Waals surface area contributed by atoms with Gasteiger partial charge in [0.2, 0.25) is 5.91 Å². The van der Waals surface area contributed by atoms with Crippen LogP contribution in [0.4, 0.5) is 0 Å².